The molecule has 1 aromatic heterocycles. The maximum Gasteiger partial charge on any atom is 0.113 e. The number of hydrogen-bond acceptors (Lipinski definition) is 2. The number of hydrogen-bond donors (Lipinski definition) is 1. The van der Waals surface area contributed by atoms with Crippen LogP contribution in [0.25, 0.3) is 11.0 Å². The average molecular weight is 269 g/mol. The van der Waals surface area contributed by atoms with E-state index in [1.54, 1.807) is 0 Å². The van der Waals surface area contributed by atoms with Gasteiger partial charge in [0.25, 0.3) is 0 Å². The molecule has 20 heavy (non-hydrogen) atoms. The van der Waals surface area contributed by atoms with Crippen molar-refractivity contribution < 1.29 is 0 Å². The van der Waals surface area contributed by atoms with Gasteiger partial charge < -0.3 is 10.3 Å². The molecule has 0 amide bonds. The highest BCUT2D eigenvalue weighted by atomic mass is 15.1. The number of rotatable bonds is 3. The molecule has 1 aromatic carbocycles. The van der Waals surface area contributed by atoms with Gasteiger partial charge in [-0.05, 0) is 50.3 Å². The third-order valence-electron chi connectivity index (χ3n) is 5.08. The molecule has 2 aliphatic rings. The van der Waals surface area contributed by atoms with Gasteiger partial charge in [0, 0.05) is 12.0 Å². The van der Waals surface area contributed by atoms with E-state index in [1.165, 1.54) is 49.9 Å². The molecule has 106 valence electrons. The van der Waals surface area contributed by atoms with Crippen LogP contribution in [0.3, 0.4) is 0 Å². The number of imidazole rings is 1. The van der Waals surface area contributed by atoms with Crippen LogP contribution in [0.15, 0.2) is 24.3 Å². The van der Waals surface area contributed by atoms with Gasteiger partial charge in [-0.3, -0.25) is 0 Å². The Kier molecular flexibility index (Phi) is 3.03. The molecule has 2 aliphatic carbocycles. The Morgan fingerprint density at radius 3 is 2.70 bits per heavy atom. The molecule has 0 spiro atoms. The molecule has 0 bridgehead atoms. The Morgan fingerprint density at radius 2 is 1.90 bits per heavy atom. The van der Waals surface area contributed by atoms with E-state index in [4.69, 9.17) is 10.7 Å². The number of fused-ring (bicyclic) bond motifs is 1. The van der Waals surface area contributed by atoms with Crippen LogP contribution in [-0.4, -0.2) is 16.1 Å². The molecule has 2 N–H and O–H groups in total. The number of aromatic nitrogens is 2. The van der Waals surface area contributed by atoms with E-state index in [1.807, 2.05) is 0 Å². The van der Waals surface area contributed by atoms with Gasteiger partial charge in [0.15, 0.2) is 0 Å². The van der Waals surface area contributed by atoms with E-state index < -0.39 is 0 Å². The second kappa shape index (κ2) is 4.88. The second-order valence-electron chi connectivity index (χ2n) is 6.45. The summed E-state index contributed by atoms with van der Waals surface area (Å²) in [5, 5.41) is 0. The smallest absolute Gasteiger partial charge is 0.113 e. The summed E-state index contributed by atoms with van der Waals surface area (Å²) in [5.74, 6) is 2.52. The number of nitrogens with two attached hydrogens (primary N) is 1. The van der Waals surface area contributed by atoms with Gasteiger partial charge in [0.05, 0.1) is 11.0 Å². The van der Waals surface area contributed by atoms with E-state index in [0.717, 1.165) is 12.1 Å². The summed E-state index contributed by atoms with van der Waals surface area (Å²) < 4.78 is 2.54. The fraction of sp³-hybridized carbons (Fsp3) is 0.588. The van der Waals surface area contributed by atoms with Gasteiger partial charge in [0.2, 0.25) is 0 Å². The quantitative estimate of drug-likeness (QED) is 0.925. The molecule has 2 unspecified atom stereocenters. The third-order valence-corrected chi connectivity index (χ3v) is 5.08. The molecule has 0 aliphatic heterocycles. The molecule has 3 heteroatoms. The zero-order valence-electron chi connectivity index (χ0n) is 12.0. The molecule has 1 heterocycles. The number of benzene rings is 1. The lowest BCUT2D eigenvalue weighted by atomic mass is 9.78. The van der Waals surface area contributed by atoms with E-state index in [-0.39, 0.29) is 0 Å². The van der Waals surface area contributed by atoms with E-state index in [9.17, 15) is 0 Å². The second-order valence-corrected chi connectivity index (χ2v) is 6.45. The first kappa shape index (κ1) is 12.4. The van der Waals surface area contributed by atoms with Crippen molar-refractivity contribution in [2.45, 2.75) is 50.5 Å². The minimum absolute atomic E-state index is 0.571. The summed E-state index contributed by atoms with van der Waals surface area (Å²) >= 11 is 0. The lowest BCUT2D eigenvalue weighted by molar-refractivity contribution is 0.298. The highest BCUT2D eigenvalue weighted by Crippen LogP contribution is 2.44. The van der Waals surface area contributed by atoms with Crippen molar-refractivity contribution in [3.05, 3.63) is 30.1 Å². The van der Waals surface area contributed by atoms with Crippen LogP contribution in [0.1, 0.15) is 56.3 Å². The zero-order chi connectivity index (χ0) is 13.5. The van der Waals surface area contributed by atoms with Crippen molar-refractivity contribution in [1.82, 2.24) is 9.55 Å². The summed E-state index contributed by atoms with van der Waals surface area (Å²) in [4.78, 5) is 5.00. The van der Waals surface area contributed by atoms with Crippen molar-refractivity contribution in [1.29, 1.82) is 0 Å². The van der Waals surface area contributed by atoms with Crippen LogP contribution >= 0.6 is 0 Å². The highest BCUT2D eigenvalue weighted by Gasteiger charge is 2.34. The van der Waals surface area contributed by atoms with Crippen molar-refractivity contribution in [3.8, 4) is 0 Å². The molecule has 0 radical (unpaired) electrons. The molecular formula is C17H23N3. The molecule has 2 fully saturated rings. The van der Waals surface area contributed by atoms with Crippen molar-refractivity contribution in [2.75, 3.05) is 6.54 Å². The fourth-order valence-electron chi connectivity index (χ4n) is 3.87. The summed E-state index contributed by atoms with van der Waals surface area (Å²) in [6, 6.07) is 9.30. The van der Waals surface area contributed by atoms with Gasteiger partial charge in [0.1, 0.15) is 5.82 Å². The Bertz CT molecular complexity index is 612. The first-order valence-electron chi connectivity index (χ1n) is 8.05. The average Bonchev–Trinajstić information content (AvgIpc) is 3.27. The van der Waals surface area contributed by atoms with Gasteiger partial charge >= 0.3 is 0 Å². The van der Waals surface area contributed by atoms with Crippen LogP contribution in [-0.2, 0) is 0 Å². The van der Waals surface area contributed by atoms with Crippen molar-refractivity contribution in [3.63, 3.8) is 0 Å². The summed E-state index contributed by atoms with van der Waals surface area (Å²) in [7, 11) is 0. The topological polar surface area (TPSA) is 43.8 Å². The minimum Gasteiger partial charge on any atom is -0.330 e. The largest absolute Gasteiger partial charge is 0.330 e. The lowest BCUT2D eigenvalue weighted by Gasteiger charge is -2.30. The first-order valence-corrected chi connectivity index (χ1v) is 8.05. The molecule has 0 saturated heterocycles. The summed E-state index contributed by atoms with van der Waals surface area (Å²) in [6.45, 7) is 0.804. The Hall–Kier alpha value is -1.35. The highest BCUT2D eigenvalue weighted by molar-refractivity contribution is 5.76. The maximum atomic E-state index is 6.03. The van der Waals surface area contributed by atoms with Crippen molar-refractivity contribution >= 4 is 11.0 Å². The van der Waals surface area contributed by atoms with Gasteiger partial charge in [-0.25, -0.2) is 4.98 Å². The monoisotopic (exact) mass is 269 g/mol. The van der Waals surface area contributed by atoms with Crippen LogP contribution in [0.4, 0.5) is 0 Å². The van der Waals surface area contributed by atoms with Crippen molar-refractivity contribution in [2.24, 2.45) is 11.7 Å². The van der Waals surface area contributed by atoms with Crippen LogP contribution in [0.2, 0.25) is 0 Å². The molecule has 4 rings (SSSR count). The standard InChI is InChI=1S/C17H23N3/c18-11-12-5-1-2-6-14(12)17-19-15-7-3-4-8-16(15)20(17)13-9-10-13/h3-4,7-8,12-14H,1-2,5-6,9-11,18H2. The third kappa shape index (κ3) is 1.96. The molecule has 2 aromatic rings. The van der Waals surface area contributed by atoms with Crippen LogP contribution < -0.4 is 5.73 Å². The minimum atomic E-state index is 0.571. The zero-order valence-corrected chi connectivity index (χ0v) is 12.0. The number of para-hydroxylation sites is 2. The summed E-state index contributed by atoms with van der Waals surface area (Å²) in [6.07, 6.45) is 7.82. The van der Waals surface area contributed by atoms with E-state index in [0.29, 0.717) is 17.9 Å². The fourth-order valence-corrected chi connectivity index (χ4v) is 3.87. The van der Waals surface area contributed by atoms with E-state index in [2.05, 4.69) is 28.8 Å². The molecule has 2 saturated carbocycles. The maximum absolute atomic E-state index is 6.03. The van der Waals surface area contributed by atoms with Gasteiger partial charge in [-0.1, -0.05) is 25.0 Å². The normalized spacial score (nSPS) is 27.1. The Balaban J connectivity index is 1.83. The summed E-state index contributed by atoms with van der Waals surface area (Å²) in [5.41, 5.74) is 8.52. The molecular weight excluding hydrogens is 246 g/mol. The SMILES string of the molecule is NCC1CCCCC1c1nc2ccccc2n1C1CC1. The van der Waals surface area contributed by atoms with Gasteiger partial charge in [-0.2, -0.15) is 0 Å². The van der Waals surface area contributed by atoms with E-state index >= 15 is 0 Å². The van der Waals surface area contributed by atoms with Crippen LogP contribution in [0.5, 0.6) is 0 Å². The van der Waals surface area contributed by atoms with Gasteiger partial charge in [-0.15, -0.1) is 0 Å². The first-order chi connectivity index (χ1) is 9.88. The predicted octanol–water partition coefficient (Wildman–Crippen LogP) is 3.60. The molecule has 3 nitrogen and oxygen atoms in total. The van der Waals surface area contributed by atoms with Crippen LogP contribution in [0, 0.1) is 5.92 Å². The Morgan fingerprint density at radius 1 is 1.10 bits per heavy atom. The molecule has 2 atom stereocenters. The predicted molar refractivity (Wildman–Crippen MR) is 81.8 cm³/mol. The number of nitrogens with zero attached hydrogens (tertiary/aromatic N) is 2. The lowest BCUT2D eigenvalue weighted by Crippen LogP contribution is -2.27. The Labute approximate surface area is 120 Å².